The summed E-state index contributed by atoms with van der Waals surface area (Å²) >= 11 is 5.96. The van der Waals surface area contributed by atoms with Crippen LogP contribution in [-0.4, -0.2) is 44.1 Å². The van der Waals surface area contributed by atoms with Gasteiger partial charge in [-0.05, 0) is 48.0 Å². The van der Waals surface area contributed by atoms with E-state index in [4.69, 9.17) is 16.3 Å². The van der Waals surface area contributed by atoms with Crippen molar-refractivity contribution in [2.24, 2.45) is 0 Å². The lowest BCUT2D eigenvalue weighted by atomic mass is 10.2. The number of rotatable bonds is 4. The molecule has 1 heterocycles. The molecule has 130 valence electrons. The maximum Gasteiger partial charge on any atom is 0.246 e. The fourth-order valence-electron chi connectivity index (χ4n) is 2.86. The molecule has 0 atom stereocenters. The summed E-state index contributed by atoms with van der Waals surface area (Å²) in [4.78, 5) is 16.5. The van der Waals surface area contributed by atoms with Gasteiger partial charge >= 0.3 is 0 Å². The number of anilines is 1. The van der Waals surface area contributed by atoms with Crippen molar-refractivity contribution in [2.75, 3.05) is 38.2 Å². The predicted octanol–water partition coefficient (Wildman–Crippen LogP) is 3.71. The maximum atomic E-state index is 12.4. The van der Waals surface area contributed by atoms with E-state index in [1.54, 1.807) is 13.2 Å². The minimum atomic E-state index is 0.0364. The summed E-state index contributed by atoms with van der Waals surface area (Å²) in [5.74, 6) is 0.887. The van der Waals surface area contributed by atoms with Gasteiger partial charge in [-0.1, -0.05) is 23.7 Å². The van der Waals surface area contributed by atoms with Crippen molar-refractivity contribution >= 4 is 29.3 Å². The monoisotopic (exact) mass is 356 g/mol. The molecule has 0 radical (unpaired) electrons. The molecule has 0 bridgehead atoms. The predicted molar refractivity (Wildman–Crippen MR) is 102 cm³/mol. The van der Waals surface area contributed by atoms with Crippen LogP contribution in [0.15, 0.2) is 54.6 Å². The van der Waals surface area contributed by atoms with Gasteiger partial charge in [-0.15, -0.1) is 0 Å². The summed E-state index contributed by atoms with van der Waals surface area (Å²) in [6.07, 6.45) is 3.43. The van der Waals surface area contributed by atoms with Crippen LogP contribution in [0.4, 0.5) is 5.69 Å². The topological polar surface area (TPSA) is 32.8 Å². The molecule has 1 aliphatic rings. The van der Waals surface area contributed by atoms with Crippen molar-refractivity contribution in [3.63, 3.8) is 0 Å². The van der Waals surface area contributed by atoms with Gasteiger partial charge in [-0.2, -0.15) is 0 Å². The lowest BCUT2D eigenvalue weighted by Crippen LogP contribution is -2.48. The molecule has 2 aromatic rings. The van der Waals surface area contributed by atoms with E-state index in [9.17, 15) is 4.79 Å². The standard InChI is InChI=1S/C20H21ClN2O2/c1-25-19-8-6-18(7-9-19)22-11-13-23(14-12-22)20(24)10-5-16-3-2-4-17(21)15-16/h2-10,15H,11-14H2,1H3/b10-5+. The Morgan fingerprint density at radius 2 is 1.80 bits per heavy atom. The van der Waals surface area contributed by atoms with Crippen molar-refractivity contribution in [2.45, 2.75) is 0 Å². The third-order valence-electron chi connectivity index (χ3n) is 4.30. The second kappa shape index (κ2) is 8.08. The molecular formula is C20H21ClN2O2. The van der Waals surface area contributed by atoms with Crippen molar-refractivity contribution < 1.29 is 9.53 Å². The Hall–Kier alpha value is -2.46. The Bertz CT molecular complexity index is 751. The number of carbonyl (C=O) groups excluding carboxylic acids is 1. The first-order valence-electron chi connectivity index (χ1n) is 8.27. The Labute approximate surface area is 153 Å². The minimum Gasteiger partial charge on any atom is -0.497 e. The number of piperazine rings is 1. The number of halogens is 1. The number of methoxy groups -OCH3 is 1. The zero-order valence-corrected chi connectivity index (χ0v) is 14.9. The molecule has 0 spiro atoms. The smallest absolute Gasteiger partial charge is 0.246 e. The van der Waals surface area contributed by atoms with Crippen LogP contribution in [0.25, 0.3) is 6.08 Å². The number of ether oxygens (including phenoxy) is 1. The van der Waals surface area contributed by atoms with Crippen LogP contribution in [0.2, 0.25) is 5.02 Å². The van der Waals surface area contributed by atoms with E-state index in [0.717, 1.165) is 30.1 Å². The quantitative estimate of drug-likeness (QED) is 0.783. The fraction of sp³-hybridized carbons (Fsp3) is 0.250. The number of hydrogen-bond donors (Lipinski definition) is 0. The fourth-order valence-corrected chi connectivity index (χ4v) is 3.06. The Morgan fingerprint density at radius 1 is 1.08 bits per heavy atom. The lowest BCUT2D eigenvalue weighted by molar-refractivity contribution is -0.126. The van der Waals surface area contributed by atoms with Crippen LogP contribution in [0.5, 0.6) is 5.75 Å². The highest BCUT2D eigenvalue weighted by Gasteiger charge is 2.19. The van der Waals surface area contributed by atoms with Gasteiger partial charge in [-0.25, -0.2) is 0 Å². The van der Waals surface area contributed by atoms with Gasteiger partial charge < -0.3 is 14.5 Å². The molecule has 1 aliphatic heterocycles. The van der Waals surface area contributed by atoms with E-state index < -0.39 is 0 Å². The summed E-state index contributed by atoms with van der Waals surface area (Å²) in [6, 6.07) is 15.5. The molecule has 1 saturated heterocycles. The molecular weight excluding hydrogens is 336 g/mol. The first kappa shape index (κ1) is 17.4. The SMILES string of the molecule is COc1ccc(N2CCN(C(=O)/C=C/c3cccc(Cl)c3)CC2)cc1. The number of carbonyl (C=O) groups is 1. The summed E-state index contributed by atoms with van der Waals surface area (Å²) in [5, 5.41) is 0.669. The molecule has 0 aliphatic carbocycles. The number of benzene rings is 2. The molecule has 3 rings (SSSR count). The highest BCUT2D eigenvalue weighted by atomic mass is 35.5. The Kier molecular flexibility index (Phi) is 5.61. The second-order valence-electron chi connectivity index (χ2n) is 5.90. The summed E-state index contributed by atoms with van der Waals surface area (Å²) in [5.41, 5.74) is 2.08. The van der Waals surface area contributed by atoms with E-state index in [1.807, 2.05) is 47.4 Å². The molecule has 0 N–H and O–H groups in total. The van der Waals surface area contributed by atoms with Crippen LogP contribution in [0.3, 0.4) is 0 Å². The average molecular weight is 357 g/mol. The summed E-state index contributed by atoms with van der Waals surface area (Å²) < 4.78 is 5.19. The second-order valence-corrected chi connectivity index (χ2v) is 6.34. The summed E-state index contributed by atoms with van der Waals surface area (Å²) in [6.45, 7) is 3.07. The zero-order valence-electron chi connectivity index (χ0n) is 14.2. The zero-order chi connectivity index (χ0) is 17.6. The molecule has 0 saturated carbocycles. The van der Waals surface area contributed by atoms with Gasteiger partial charge in [0, 0.05) is 43.0 Å². The Balaban J connectivity index is 1.55. The summed E-state index contributed by atoms with van der Waals surface area (Å²) in [7, 11) is 1.66. The number of amides is 1. The van der Waals surface area contributed by atoms with E-state index in [-0.39, 0.29) is 5.91 Å². The highest BCUT2D eigenvalue weighted by molar-refractivity contribution is 6.30. The van der Waals surface area contributed by atoms with E-state index >= 15 is 0 Å². The lowest BCUT2D eigenvalue weighted by Gasteiger charge is -2.35. The number of nitrogens with zero attached hydrogens (tertiary/aromatic N) is 2. The van der Waals surface area contributed by atoms with E-state index in [2.05, 4.69) is 17.0 Å². The molecule has 5 heteroatoms. The van der Waals surface area contributed by atoms with Crippen LogP contribution in [0.1, 0.15) is 5.56 Å². The minimum absolute atomic E-state index is 0.0364. The normalized spacial score (nSPS) is 14.8. The Morgan fingerprint density at radius 3 is 2.44 bits per heavy atom. The molecule has 2 aromatic carbocycles. The maximum absolute atomic E-state index is 12.4. The van der Waals surface area contributed by atoms with Gasteiger partial charge in [0.2, 0.25) is 5.91 Å². The third kappa shape index (κ3) is 4.54. The van der Waals surface area contributed by atoms with Crippen molar-refractivity contribution in [1.82, 2.24) is 4.90 Å². The average Bonchev–Trinajstić information content (AvgIpc) is 2.66. The molecule has 0 unspecified atom stereocenters. The van der Waals surface area contributed by atoms with Crippen LogP contribution in [-0.2, 0) is 4.79 Å². The van der Waals surface area contributed by atoms with Crippen LogP contribution >= 0.6 is 11.6 Å². The van der Waals surface area contributed by atoms with Gasteiger partial charge in [0.25, 0.3) is 0 Å². The first-order valence-corrected chi connectivity index (χ1v) is 8.65. The molecule has 0 aromatic heterocycles. The van der Waals surface area contributed by atoms with Crippen molar-refractivity contribution in [3.05, 3.63) is 65.2 Å². The van der Waals surface area contributed by atoms with Gasteiger partial charge in [0.1, 0.15) is 5.75 Å². The largest absolute Gasteiger partial charge is 0.497 e. The van der Waals surface area contributed by atoms with Crippen LogP contribution < -0.4 is 9.64 Å². The number of hydrogen-bond acceptors (Lipinski definition) is 3. The molecule has 25 heavy (non-hydrogen) atoms. The molecule has 1 fully saturated rings. The first-order chi connectivity index (χ1) is 12.2. The van der Waals surface area contributed by atoms with E-state index in [0.29, 0.717) is 18.1 Å². The van der Waals surface area contributed by atoms with Gasteiger partial charge in [0.15, 0.2) is 0 Å². The third-order valence-corrected chi connectivity index (χ3v) is 4.53. The molecule has 1 amide bonds. The van der Waals surface area contributed by atoms with E-state index in [1.165, 1.54) is 0 Å². The van der Waals surface area contributed by atoms with Gasteiger partial charge in [0.05, 0.1) is 7.11 Å². The highest BCUT2D eigenvalue weighted by Crippen LogP contribution is 2.20. The van der Waals surface area contributed by atoms with Crippen LogP contribution in [0, 0.1) is 0 Å². The van der Waals surface area contributed by atoms with Crippen molar-refractivity contribution in [3.8, 4) is 5.75 Å². The van der Waals surface area contributed by atoms with Gasteiger partial charge in [-0.3, -0.25) is 4.79 Å². The van der Waals surface area contributed by atoms with Crippen molar-refractivity contribution in [1.29, 1.82) is 0 Å². The molecule has 4 nitrogen and oxygen atoms in total.